The molecule has 0 aliphatic carbocycles. The second-order valence-electron chi connectivity index (χ2n) is 6.20. The molecule has 134 valence electrons. The van der Waals surface area contributed by atoms with Crippen molar-refractivity contribution in [3.05, 3.63) is 71.6 Å². The number of amides is 1. The Balaban J connectivity index is 1.83. The highest BCUT2D eigenvalue weighted by molar-refractivity contribution is 8.14. The van der Waals surface area contributed by atoms with E-state index in [1.165, 1.54) is 18.2 Å². The van der Waals surface area contributed by atoms with Crippen LogP contribution in [0.4, 0.5) is 10.1 Å². The fourth-order valence-electron chi connectivity index (χ4n) is 2.76. The first-order valence-corrected chi connectivity index (χ1v) is 9.60. The van der Waals surface area contributed by atoms with Crippen molar-refractivity contribution in [3.8, 4) is 0 Å². The summed E-state index contributed by atoms with van der Waals surface area (Å²) >= 11 is 1.61. The van der Waals surface area contributed by atoms with Gasteiger partial charge in [-0.3, -0.25) is 9.69 Å². The van der Waals surface area contributed by atoms with E-state index < -0.39 is 0 Å². The summed E-state index contributed by atoms with van der Waals surface area (Å²) in [4.78, 5) is 19.3. The van der Waals surface area contributed by atoms with E-state index in [0.717, 1.165) is 34.2 Å². The Morgan fingerprint density at radius 2 is 2.08 bits per heavy atom. The summed E-state index contributed by atoms with van der Waals surface area (Å²) in [6, 6.07) is 14.1. The topological polar surface area (TPSA) is 32.7 Å². The molecule has 1 heterocycles. The number of benzene rings is 2. The van der Waals surface area contributed by atoms with Crippen molar-refractivity contribution in [2.24, 2.45) is 4.99 Å². The smallest absolute Gasteiger partial charge is 0.252 e. The zero-order chi connectivity index (χ0) is 18.5. The number of aryl methyl sites for hydroxylation is 1. The first kappa shape index (κ1) is 18.4. The summed E-state index contributed by atoms with van der Waals surface area (Å²) in [6.07, 6.45) is 4.12. The summed E-state index contributed by atoms with van der Waals surface area (Å²) in [6.45, 7) is 4.10. The van der Waals surface area contributed by atoms with Gasteiger partial charge in [0.05, 0.1) is 5.69 Å². The van der Waals surface area contributed by atoms with Crippen molar-refractivity contribution in [1.29, 1.82) is 0 Å². The molecule has 3 rings (SSSR count). The zero-order valence-electron chi connectivity index (χ0n) is 14.9. The van der Waals surface area contributed by atoms with Crippen molar-refractivity contribution < 1.29 is 9.18 Å². The van der Waals surface area contributed by atoms with Crippen LogP contribution >= 0.6 is 11.8 Å². The van der Waals surface area contributed by atoms with Gasteiger partial charge in [-0.2, -0.15) is 0 Å². The molecule has 26 heavy (non-hydrogen) atoms. The standard InChI is InChI=1S/C21H21FN2OS/c1-3-19-14-26-21(23-18-6-4-5-15(2)13-18)24(19)20(25)12-9-16-7-10-17(22)11-8-16/h4-13,19H,3,14H2,1-2H3/b12-9+,23-21?/t19-/m1/s1. The maximum absolute atomic E-state index is 13.0. The Labute approximate surface area is 157 Å². The Hall–Kier alpha value is -2.40. The van der Waals surface area contributed by atoms with Crippen LogP contribution in [0.25, 0.3) is 6.08 Å². The molecule has 1 fully saturated rings. The van der Waals surface area contributed by atoms with E-state index in [2.05, 4.69) is 11.9 Å². The number of hydrogen-bond donors (Lipinski definition) is 0. The molecule has 0 spiro atoms. The van der Waals surface area contributed by atoms with E-state index in [9.17, 15) is 9.18 Å². The predicted octanol–water partition coefficient (Wildman–Crippen LogP) is 5.19. The van der Waals surface area contributed by atoms with Crippen molar-refractivity contribution in [2.75, 3.05) is 5.75 Å². The van der Waals surface area contributed by atoms with Crippen LogP contribution in [0.3, 0.4) is 0 Å². The number of aliphatic imine (C=N–C) groups is 1. The number of hydrogen-bond acceptors (Lipinski definition) is 3. The van der Waals surface area contributed by atoms with Crippen LogP contribution in [0.5, 0.6) is 0 Å². The summed E-state index contributed by atoms with van der Waals surface area (Å²) in [7, 11) is 0. The van der Waals surface area contributed by atoms with Crippen molar-refractivity contribution >= 4 is 34.6 Å². The van der Waals surface area contributed by atoms with Gasteiger partial charge >= 0.3 is 0 Å². The SMILES string of the molecule is CC[C@@H]1CSC(=Nc2cccc(C)c2)N1C(=O)/C=C/c1ccc(F)cc1. The number of carbonyl (C=O) groups is 1. The number of halogens is 1. The third-order valence-corrected chi connectivity index (χ3v) is 5.30. The van der Waals surface area contributed by atoms with Gasteiger partial charge in [0, 0.05) is 17.9 Å². The zero-order valence-corrected chi connectivity index (χ0v) is 15.7. The first-order valence-electron chi connectivity index (χ1n) is 8.62. The lowest BCUT2D eigenvalue weighted by Gasteiger charge is -2.21. The number of amidine groups is 1. The summed E-state index contributed by atoms with van der Waals surface area (Å²) in [5, 5.41) is 0.733. The Morgan fingerprint density at radius 1 is 1.31 bits per heavy atom. The van der Waals surface area contributed by atoms with Gasteiger partial charge < -0.3 is 0 Å². The summed E-state index contributed by atoms with van der Waals surface area (Å²) in [5.74, 6) is 0.456. The molecule has 0 unspecified atom stereocenters. The molecule has 0 saturated carbocycles. The van der Waals surface area contributed by atoms with Gasteiger partial charge in [0.1, 0.15) is 5.82 Å². The summed E-state index contributed by atoms with van der Waals surface area (Å²) < 4.78 is 13.0. The lowest BCUT2D eigenvalue weighted by Crippen LogP contribution is -2.37. The molecule has 0 bridgehead atoms. The Bertz CT molecular complexity index is 845. The van der Waals surface area contributed by atoms with Crippen LogP contribution in [0.2, 0.25) is 0 Å². The van der Waals surface area contributed by atoms with Gasteiger partial charge in [-0.25, -0.2) is 9.38 Å². The maximum atomic E-state index is 13.0. The minimum absolute atomic E-state index is 0.0995. The average Bonchev–Trinajstić information content (AvgIpc) is 3.03. The largest absolute Gasteiger partial charge is 0.284 e. The highest BCUT2D eigenvalue weighted by Gasteiger charge is 2.32. The van der Waals surface area contributed by atoms with E-state index in [0.29, 0.717) is 0 Å². The van der Waals surface area contributed by atoms with E-state index in [-0.39, 0.29) is 17.8 Å². The van der Waals surface area contributed by atoms with Crippen molar-refractivity contribution in [1.82, 2.24) is 4.90 Å². The number of thioether (sulfide) groups is 1. The second kappa shape index (κ2) is 8.32. The molecular weight excluding hydrogens is 347 g/mol. The molecule has 2 aromatic rings. The third-order valence-electron chi connectivity index (χ3n) is 4.20. The van der Waals surface area contributed by atoms with E-state index >= 15 is 0 Å². The molecule has 1 amide bonds. The fourth-order valence-corrected chi connectivity index (χ4v) is 4.04. The molecule has 0 N–H and O–H groups in total. The molecule has 1 aliphatic heterocycles. The van der Waals surface area contributed by atoms with E-state index in [4.69, 9.17) is 0 Å². The number of rotatable bonds is 4. The number of nitrogens with zero attached hydrogens (tertiary/aromatic N) is 2. The highest BCUT2D eigenvalue weighted by atomic mass is 32.2. The predicted molar refractivity (Wildman–Crippen MR) is 107 cm³/mol. The Morgan fingerprint density at radius 3 is 2.77 bits per heavy atom. The molecule has 2 aromatic carbocycles. The minimum atomic E-state index is -0.289. The van der Waals surface area contributed by atoms with Gasteiger partial charge in [-0.05, 0) is 54.8 Å². The van der Waals surface area contributed by atoms with Gasteiger partial charge in [0.25, 0.3) is 5.91 Å². The normalized spacial score (nSPS) is 18.8. The lowest BCUT2D eigenvalue weighted by molar-refractivity contribution is -0.123. The van der Waals surface area contributed by atoms with Crippen LogP contribution in [-0.2, 0) is 4.79 Å². The fraction of sp³-hybridized carbons (Fsp3) is 0.238. The van der Waals surface area contributed by atoms with E-state index in [1.807, 2.05) is 31.2 Å². The quantitative estimate of drug-likeness (QED) is 0.696. The molecule has 3 nitrogen and oxygen atoms in total. The second-order valence-corrected chi connectivity index (χ2v) is 7.19. The molecule has 1 aliphatic rings. The van der Waals surface area contributed by atoms with Gasteiger partial charge in [-0.1, -0.05) is 43.0 Å². The van der Waals surface area contributed by atoms with E-state index in [1.54, 1.807) is 34.9 Å². The van der Waals surface area contributed by atoms with Crippen LogP contribution < -0.4 is 0 Å². The Kier molecular flexibility index (Phi) is 5.89. The molecule has 1 atom stereocenters. The van der Waals surface area contributed by atoms with Crippen molar-refractivity contribution in [3.63, 3.8) is 0 Å². The molecule has 0 radical (unpaired) electrons. The summed E-state index contributed by atoms with van der Waals surface area (Å²) in [5.41, 5.74) is 2.78. The van der Waals surface area contributed by atoms with Crippen LogP contribution in [-0.4, -0.2) is 27.8 Å². The number of carbonyl (C=O) groups excluding carboxylic acids is 1. The maximum Gasteiger partial charge on any atom is 0.252 e. The van der Waals surface area contributed by atoms with Crippen LogP contribution in [0, 0.1) is 12.7 Å². The minimum Gasteiger partial charge on any atom is -0.284 e. The first-order chi connectivity index (χ1) is 12.6. The van der Waals surface area contributed by atoms with Crippen LogP contribution in [0.1, 0.15) is 24.5 Å². The molecule has 1 saturated heterocycles. The van der Waals surface area contributed by atoms with Crippen LogP contribution in [0.15, 0.2) is 59.6 Å². The van der Waals surface area contributed by atoms with Gasteiger partial charge in [0.15, 0.2) is 5.17 Å². The highest BCUT2D eigenvalue weighted by Crippen LogP contribution is 2.29. The monoisotopic (exact) mass is 368 g/mol. The van der Waals surface area contributed by atoms with Crippen molar-refractivity contribution in [2.45, 2.75) is 26.3 Å². The van der Waals surface area contributed by atoms with Gasteiger partial charge in [0.2, 0.25) is 0 Å². The molecule has 0 aromatic heterocycles. The molecular formula is C21H21FN2OS. The lowest BCUT2D eigenvalue weighted by atomic mass is 10.2. The third kappa shape index (κ3) is 4.41. The van der Waals surface area contributed by atoms with Gasteiger partial charge in [-0.15, -0.1) is 0 Å². The average molecular weight is 368 g/mol. The molecule has 5 heteroatoms.